The van der Waals surface area contributed by atoms with E-state index in [0.717, 1.165) is 18.7 Å². The lowest BCUT2D eigenvalue weighted by Crippen LogP contribution is -2.08. The second kappa shape index (κ2) is 3.17. The molecule has 2 aromatic rings. The first kappa shape index (κ1) is 9.09. The number of nitrogens with zero attached hydrogens (tertiary/aromatic N) is 2. The topological polar surface area (TPSA) is 38.9 Å². The summed E-state index contributed by atoms with van der Waals surface area (Å²) in [5.74, 6) is 0.723. The Hall–Kier alpha value is -1.16. The molecule has 76 valence electrons. The van der Waals surface area contributed by atoms with Crippen LogP contribution in [0.25, 0.3) is 0 Å². The van der Waals surface area contributed by atoms with Crippen LogP contribution in [-0.4, -0.2) is 10.2 Å². The van der Waals surface area contributed by atoms with Crippen molar-refractivity contribution < 1.29 is 4.42 Å². The van der Waals surface area contributed by atoms with Crippen molar-refractivity contribution in [3.05, 3.63) is 46.6 Å². The van der Waals surface area contributed by atoms with Gasteiger partial charge in [-0.1, -0.05) is 30.3 Å². The van der Waals surface area contributed by atoms with Gasteiger partial charge in [0.1, 0.15) is 0 Å². The van der Waals surface area contributed by atoms with Gasteiger partial charge in [-0.3, -0.25) is 0 Å². The Kier molecular flexibility index (Phi) is 1.92. The van der Waals surface area contributed by atoms with Crippen LogP contribution in [0, 0.1) is 0 Å². The molecule has 0 spiro atoms. The molecule has 3 nitrogen and oxygen atoms in total. The molecule has 0 bridgehead atoms. The summed E-state index contributed by atoms with van der Waals surface area (Å²) in [4.78, 5) is 0.458. The number of hydrogen-bond acceptors (Lipinski definition) is 3. The summed E-state index contributed by atoms with van der Waals surface area (Å²) < 4.78 is 5.46. The van der Waals surface area contributed by atoms with E-state index in [1.807, 2.05) is 18.2 Å². The maximum atomic E-state index is 5.46. The van der Waals surface area contributed by atoms with E-state index >= 15 is 0 Å². The molecule has 3 rings (SSSR count). The standard InChI is InChI=1S/C11H9BrN2O/c12-10-14-13-9(15-10)11(6-7-11)8-4-2-1-3-5-8/h1-5H,6-7H2. The molecule has 1 saturated carbocycles. The van der Waals surface area contributed by atoms with Gasteiger partial charge in [0.15, 0.2) is 0 Å². The summed E-state index contributed by atoms with van der Waals surface area (Å²) in [5.41, 5.74) is 1.25. The molecular weight excluding hydrogens is 256 g/mol. The fourth-order valence-corrected chi connectivity index (χ4v) is 2.14. The van der Waals surface area contributed by atoms with Gasteiger partial charge in [-0.25, -0.2) is 0 Å². The van der Waals surface area contributed by atoms with Gasteiger partial charge in [0.05, 0.1) is 5.41 Å². The van der Waals surface area contributed by atoms with Crippen molar-refractivity contribution >= 4 is 15.9 Å². The van der Waals surface area contributed by atoms with Crippen molar-refractivity contribution in [2.24, 2.45) is 0 Å². The molecule has 4 heteroatoms. The Balaban J connectivity index is 2.05. The molecular formula is C11H9BrN2O. The predicted octanol–water partition coefficient (Wildman–Crippen LogP) is 2.91. The molecule has 0 amide bonds. The SMILES string of the molecule is Brc1nnc(C2(c3ccccc3)CC2)o1. The maximum Gasteiger partial charge on any atom is 0.284 e. The van der Waals surface area contributed by atoms with E-state index in [1.165, 1.54) is 5.56 Å². The molecule has 0 saturated heterocycles. The zero-order valence-corrected chi connectivity index (χ0v) is 9.57. The monoisotopic (exact) mass is 264 g/mol. The fraction of sp³-hybridized carbons (Fsp3) is 0.273. The average molecular weight is 265 g/mol. The minimum Gasteiger partial charge on any atom is -0.415 e. The number of aromatic nitrogens is 2. The normalized spacial score (nSPS) is 17.7. The molecule has 0 N–H and O–H groups in total. The fourth-order valence-electron chi connectivity index (χ4n) is 1.91. The summed E-state index contributed by atoms with van der Waals surface area (Å²) in [7, 11) is 0. The van der Waals surface area contributed by atoms with Crippen LogP contribution in [-0.2, 0) is 5.41 Å². The van der Waals surface area contributed by atoms with Crippen LogP contribution in [0.4, 0.5) is 0 Å². The van der Waals surface area contributed by atoms with Crippen molar-refractivity contribution in [2.75, 3.05) is 0 Å². The Labute approximate surface area is 95.6 Å². The number of hydrogen-bond donors (Lipinski definition) is 0. The highest BCUT2D eigenvalue weighted by molar-refractivity contribution is 9.10. The number of halogens is 1. The lowest BCUT2D eigenvalue weighted by Gasteiger charge is -2.09. The summed E-state index contributed by atoms with van der Waals surface area (Å²) in [5, 5.41) is 7.91. The lowest BCUT2D eigenvalue weighted by atomic mass is 9.96. The average Bonchev–Trinajstić information content (AvgIpc) is 2.98. The second-order valence-corrected chi connectivity index (χ2v) is 4.49. The lowest BCUT2D eigenvalue weighted by molar-refractivity contribution is 0.443. The van der Waals surface area contributed by atoms with Crippen LogP contribution in [0.2, 0.25) is 0 Å². The van der Waals surface area contributed by atoms with Gasteiger partial charge < -0.3 is 4.42 Å². The van der Waals surface area contributed by atoms with E-state index in [2.05, 4.69) is 38.3 Å². The first-order valence-electron chi connectivity index (χ1n) is 4.86. The summed E-state index contributed by atoms with van der Waals surface area (Å²) in [6, 6.07) is 10.3. The minimum atomic E-state index is -0.0136. The van der Waals surface area contributed by atoms with Gasteiger partial charge in [0.2, 0.25) is 5.89 Å². The van der Waals surface area contributed by atoms with Crippen molar-refractivity contribution in [2.45, 2.75) is 18.3 Å². The van der Waals surface area contributed by atoms with E-state index in [1.54, 1.807) is 0 Å². The third-order valence-corrected chi connectivity index (χ3v) is 3.21. The largest absolute Gasteiger partial charge is 0.415 e. The van der Waals surface area contributed by atoms with Gasteiger partial charge in [-0.15, -0.1) is 10.2 Å². The molecule has 0 radical (unpaired) electrons. The van der Waals surface area contributed by atoms with Crippen LogP contribution < -0.4 is 0 Å². The first-order chi connectivity index (χ1) is 7.31. The zero-order valence-electron chi connectivity index (χ0n) is 7.98. The summed E-state index contributed by atoms with van der Waals surface area (Å²) >= 11 is 3.18. The van der Waals surface area contributed by atoms with E-state index in [9.17, 15) is 0 Å². The third-order valence-electron chi connectivity index (χ3n) is 2.89. The molecule has 1 aliphatic rings. The van der Waals surface area contributed by atoms with Crippen molar-refractivity contribution in [3.8, 4) is 0 Å². The molecule has 0 atom stereocenters. The molecule has 1 fully saturated rings. The molecule has 0 unspecified atom stereocenters. The molecule has 1 heterocycles. The van der Waals surface area contributed by atoms with Gasteiger partial charge >= 0.3 is 0 Å². The number of rotatable bonds is 2. The Morgan fingerprint density at radius 2 is 1.87 bits per heavy atom. The zero-order chi connectivity index (χ0) is 10.3. The Morgan fingerprint density at radius 1 is 1.13 bits per heavy atom. The van der Waals surface area contributed by atoms with E-state index < -0.39 is 0 Å². The second-order valence-electron chi connectivity index (χ2n) is 3.81. The van der Waals surface area contributed by atoms with Crippen LogP contribution in [0.3, 0.4) is 0 Å². The Bertz CT molecular complexity index is 476. The van der Waals surface area contributed by atoms with Gasteiger partial charge in [0, 0.05) is 15.9 Å². The highest BCUT2D eigenvalue weighted by atomic mass is 79.9. The van der Waals surface area contributed by atoms with E-state index in [4.69, 9.17) is 4.42 Å². The quantitative estimate of drug-likeness (QED) is 0.838. The van der Waals surface area contributed by atoms with Crippen LogP contribution >= 0.6 is 15.9 Å². The third kappa shape index (κ3) is 1.40. The van der Waals surface area contributed by atoms with Gasteiger partial charge in [-0.05, 0) is 18.4 Å². The highest BCUT2D eigenvalue weighted by Crippen LogP contribution is 2.52. The van der Waals surface area contributed by atoms with Crippen LogP contribution in [0.1, 0.15) is 24.3 Å². The molecule has 15 heavy (non-hydrogen) atoms. The van der Waals surface area contributed by atoms with Crippen molar-refractivity contribution in [3.63, 3.8) is 0 Å². The highest BCUT2D eigenvalue weighted by Gasteiger charge is 2.50. The molecule has 1 aromatic carbocycles. The van der Waals surface area contributed by atoms with Crippen LogP contribution in [0.5, 0.6) is 0 Å². The van der Waals surface area contributed by atoms with Gasteiger partial charge in [0.25, 0.3) is 4.80 Å². The van der Waals surface area contributed by atoms with E-state index in [0.29, 0.717) is 4.80 Å². The predicted molar refractivity (Wildman–Crippen MR) is 58.5 cm³/mol. The van der Waals surface area contributed by atoms with Crippen molar-refractivity contribution in [1.29, 1.82) is 0 Å². The molecule has 1 aromatic heterocycles. The molecule has 0 aliphatic heterocycles. The van der Waals surface area contributed by atoms with Crippen LogP contribution in [0.15, 0.2) is 39.5 Å². The Morgan fingerprint density at radius 3 is 2.40 bits per heavy atom. The smallest absolute Gasteiger partial charge is 0.284 e. The van der Waals surface area contributed by atoms with E-state index in [-0.39, 0.29) is 5.41 Å². The molecule has 1 aliphatic carbocycles. The minimum absolute atomic E-state index is 0.0136. The van der Waals surface area contributed by atoms with Crippen molar-refractivity contribution in [1.82, 2.24) is 10.2 Å². The number of benzene rings is 1. The maximum absolute atomic E-state index is 5.46. The first-order valence-corrected chi connectivity index (χ1v) is 5.66. The van der Waals surface area contributed by atoms with Gasteiger partial charge in [-0.2, -0.15) is 0 Å². The summed E-state index contributed by atoms with van der Waals surface area (Å²) in [6.45, 7) is 0. The summed E-state index contributed by atoms with van der Waals surface area (Å²) in [6.07, 6.45) is 2.18.